The molecule has 1 atom stereocenters. The number of Topliss-reactive ketones (excluding diaryl/α,β-unsaturated/α-hetero) is 1. The number of carbonyl (C=O) groups excluding carboxylic acids is 2. The summed E-state index contributed by atoms with van der Waals surface area (Å²) >= 11 is 3.28. The summed E-state index contributed by atoms with van der Waals surface area (Å²) in [7, 11) is -3.73. The van der Waals surface area contributed by atoms with E-state index in [-0.39, 0.29) is 29.7 Å². The van der Waals surface area contributed by atoms with Crippen LogP contribution >= 0.6 is 15.9 Å². The largest absolute Gasteiger partial charge is 0.346 e. The lowest BCUT2D eigenvalue weighted by Crippen LogP contribution is -2.44. The van der Waals surface area contributed by atoms with Crippen molar-refractivity contribution in [1.82, 2.24) is 9.62 Å². The number of nitrogens with one attached hydrogen (secondary N) is 1. The number of rotatable bonds is 6. The van der Waals surface area contributed by atoms with E-state index in [9.17, 15) is 18.0 Å². The third-order valence-electron chi connectivity index (χ3n) is 4.36. The van der Waals surface area contributed by atoms with Crippen molar-refractivity contribution < 1.29 is 18.0 Å². The van der Waals surface area contributed by atoms with Crippen molar-refractivity contribution in [1.29, 1.82) is 0 Å². The zero-order valence-electron chi connectivity index (χ0n) is 15.1. The van der Waals surface area contributed by atoms with Gasteiger partial charge >= 0.3 is 0 Å². The summed E-state index contributed by atoms with van der Waals surface area (Å²) in [5, 5.41) is 2.77. The van der Waals surface area contributed by atoms with Gasteiger partial charge in [-0.25, -0.2) is 8.42 Å². The maximum absolute atomic E-state index is 12.8. The molecule has 0 aliphatic carbocycles. The molecule has 26 heavy (non-hydrogen) atoms. The van der Waals surface area contributed by atoms with Crippen LogP contribution in [0.25, 0.3) is 0 Å². The summed E-state index contributed by atoms with van der Waals surface area (Å²) in [5.41, 5.74) is 0. The molecule has 2 rings (SSSR count). The van der Waals surface area contributed by atoms with E-state index in [1.54, 1.807) is 12.1 Å². The van der Waals surface area contributed by atoms with Gasteiger partial charge in [0.15, 0.2) is 5.78 Å². The standard InChI is InChI=1S/C18H25BrN2O4S/c1-13(2)5-10-18(23)20-16-4-3-11-21(12-17(16)22)26(24,25)15-8-6-14(19)7-9-15/h6-9,13,16H,3-5,10-12H2,1-2H3,(H,20,23)/t16-/m0/s1. The monoisotopic (exact) mass is 444 g/mol. The molecule has 1 N–H and O–H groups in total. The molecule has 1 heterocycles. The van der Waals surface area contributed by atoms with Crippen molar-refractivity contribution in [3.63, 3.8) is 0 Å². The number of benzene rings is 1. The Balaban J connectivity index is 2.04. The van der Waals surface area contributed by atoms with Crippen molar-refractivity contribution in [2.24, 2.45) is 5.92 Å². The van der Waals surface area contributed by atoms with Crippen LogP contribution in [-0.2, 0) is 19.6 Å². The minimum absolute atomic E-state index is 0.152. The van der Waals surface area contributed by atoms with Gasteiger partial charge in [0.05, 0.1) is 17.5 Å². The Hall–Kier alpha value is -1.25. The number of carbonyl (C=O) groups is 2. The van der Waals surface area contributed by atoms with Crippen LogP contribution in [0.15, 0.2) is 33.6 Å². The normalized spacial score (nSPS) is 19.4. The molecule has 1 amide bonds. The molecule has 0 unspecified atom stereocenters. The van der Waals surface area contributed by atoms with Crippen molar-refractivity contribution in [3.05, 3.63) is 28.7 Å². The zero-order valence-corrected chi connectivity index (χ0v) is 17.5. The highest BCUT2D eigenvalue weighted by atomic mass is 79.9. The maximum Gasteiger partial charge on any atom is 0.243 e. The minimum Gasteiger partial charge on any atom is -0.346 e. The average molecular weight is 445 g/mol. The van der Waals surface area contributed by atoms with E-state index in [1.807, 2.05) is 13.8 Å². The molecular formula is C18H25BrN2O4S. The van der Waals surface area contributed by atoms with Crippen LogP contribution in [0, 0.1) is 5.92 Å². The van der Waals surface area contributed by atoms with E-state index in [0.29, 0.717) is 25.2 Å². The van der Waals surface area contributed by atoms with Crippen molar-refractivity contribution in [2.45, 2.75) is 50.5 Å². The number of sulfonamides is 1. The molecule has 8 heteroatoms. The molecule has 1 saturated heterocycles. The maximum atomic E-state index is 12.8. The molecular weight excluding hydrogens is 420 g/mol. The molecule has 1 fully saturated rings. The van der Waals surface area contributed by atoms with E-state index in [4.69, 9.17) is 0 Å². The van der Waals surface area contributed by atoms with E-state index in [0.717, 1.165) is 10.9 Å². The Kier molecular flexibility index (Phi) is 7.37. The lowest BCUT2D eigenvalue weighted by molar-refractivity contribution is -0.127. The first-order chi connectivity index (χ1) is 12.2. The van der Waals surface area contributed by atoms with Crippen LogP contribution in [0.1, 0.15) is 39.5 Å². The van der Waals surface area contributed by atoms with Gasteiger partial charge in [0.2, 0.25) is 15.9 Å². The van der Waals surface area contributed by atoms with E-state index in [2.05, 4.69) is 21.2 Å². The van der Waals surface area contributed by atoms with Gasteiger partial charge in [0.1, 0.15) is 0 Å². The summed E-state index contributed by atoms with van der Waals surface area (Å²) in [6.07, 6.45) is 2.12. The van der Waals surface area contributed by atoms with E-state index in [1.165, 1.54) is 16.4 Å². The third-order valence-corrected chi connectivity index (χ3v) is 6.74. The molecule has 0 bridgehead atoms. The fraction of sp³-hybridized carbons (Fsp3) is 0.556. The van der Waals surface area contributed by atoms with E-state index >= 15 is 0 Å². The van der Waals surface area contributed by atoms with E-state index < -0.39 is 16.1 Å². The average Bonchev–Trinajstić information content (AvgIpc) is 2.76. The van der Waals surface area contributed by atoms with Crippen molar-refractivity contribution in [3.8, 4) is 0 Å². The van der Waals surface area contributed by atoms with Crippen LogP contribution in [0.4, 0.5) is 0 Å². The van der Waals surface area contributed by atoms with Crippen LogP contribution in [-0.4, -0.2) is 43.5 Å². The minimum atomic E-state index is -3.73. The molecule has 6 nitrogen and oxygen atoms in total. The zero-order chi connectivity index (χ0) is 19.3. The predicted octanol–water partition coefficient (Wildman–Crippen LogP) is 2.72. The molecule has 1 aromatic carbocycles. The number of nitrogens with zero attached hydrogens (tertiary/aromatic N) is 1. The van der Waals surface area contributed by atoms with Gasteiger partial charge in [-0.05, 0) is 49.4 Å². The van der Waals surface area contributed by atoms with Crippen LogP contribution in [0.2, 0.25) is 0 Å². The van der Waals surface area contributed by atoms with Gasteiger partial charge in [-0.2, -0.15) is 4.31 Å². The van der Waals surface area contributed by atoms with Crippen LogP contribution in [0.5, 0.6) is 0 Å². The molecule has 0 saturated carbocycles. The SMILES string of the molecule is CC(C)CCC(=O)N[C@H]1CCCN(S(=O)(=O)c2ccc(Br)cc2)CC1=O. The molecule has 0 spiro atoms. The Bertz CT molecular complexity index is 747. The Labute approximate surface area is 163 Å². The lowest BCUT2D eigenvalue weighted by Gasteiger charge is -2.20. The molecule has 1 aliphatic rings. The smallest absolute Gasteiger partial charge is 0.243 e. The lowest BCUT2D eigenvalue weighted by atomic mass is 10.1. The second-order valence-corrected chi connectivity index (χ2v) is 9.81. The van der Waals surface area contributed by atoms with Gasteiger partial charge in [0, 0.05) is 17.4 Å². The summed E-state index contributed by atoms with van der Waals surface area (Å²) in [5.74, 6) is -0.000482. The summed E-state index contributed by atoms with van der Waals surface area (Å²) in [4.78, 5) is 24.7. The second-order valence-electron chi connectivity index (χ2n) is 6.95. The highest BCUT2D eigenvalue weighted by Gasteiger charge is 2.32. The van der Waals surface area contributed by atoms with Crippen LogP contribution in [0.3, 0.4) is 0 Å². The Morgan fingerprint density at radius 2 is 1.96 bits per heavy atom. The van der Waals surface area contributed by atoms with Gasteiger partial charge < -0.3 is 5.32 Å². The molecule has 0 radical (unpaired) electrons. The van der Waals surface area contributed by atoms with Crippen LogP contribution < -0.4 is 5.32 Å². The summed E-state index contributed by atoms with van der Waals surface area (Å²) < 4.78 is 27.5. The highest BCUT2D eigenvalue weighted by Crippen LogP contribution is 2.21. The highest BCUT2D eigenvalue weighted by molar-refractivity contribution is 9.10. The Morgan fingerprint density at radius 1 is 1.31 bits per heavy atom. The van der Waals surface area contributed by atoms with Gasteiger partial charge in [0.25, 0.3) is 0 Å². The quantitative estimate of drug-likeness (QED) is 0.730. The first kappa shape index (κ1) is 21.1. The number of halogens is 1. The topological polar surface area (TPSA) is 83.6 Å². The summed E-state index contributed by atoms with van der Waals surface area (Å²) in [6, 6.07) is 5.73. The summed E-state index contributed by atoms with van der Waals surface area (Å²) in [6.45, 7) is 4.12. The molecule has 1 aliphatic heterocycles. The number of hydrogen-bond donors (Lipinski definition) is 1. The fourth-order valence-electron chi connectivity index (χ4n) is 2.80. The first-order valence-electron chi connectivity index (χ1n) is 8.78. The molecule has 1 aromatic rings. The number of amides is 1. The fourth-order valence-corrected chi connectivity index (χ4v) is 4.50. The van der Waals surface area contributed by atoms with Crippen molar-refractivity contribution >= 4 is 37.6 Å². The second kappa shape index (κ2) is 9.10. The predicted molar refractivity (Wildman–Crippen MR) is 103 cm³/mol. The Morgan fingerprint density at radius 3 is 2.58 bits per heavy atom. The number of hydrogen-bond acceptors (Lipinski definition) is 4. The molecule has 144 valence electrons. The van der Waals surface area contributed by atoms with Gasteiger partial charge in [-0.1, -0.05) is 29.8 Å². The number of ketones is 1. The van der Waals surface area contributed by atoms with Gasteiger partial charge in [-0.3, -0.25) is 9.59 Å². The molecule has 0 aromatic heterocycles. The third kappa shape index (κ3) is 5.62. The van der Waals surface area contributed by atoms with Gasteiger partial charge in [-0.15, -0.1) is 0 Å². The first-order valence-corrected chi connectivity index (χ1v) is 11.0. The van der Waals surface area contributed by atoms with Crippen molar-refractivity contribution in [2.75, 3.05) is 13.1 Å².